The number of benzene rings is 7. The molecule has 50 heavy (non-hydrogen) atoms. The van der Waals surface area contributed by atoms with Crippen molar-refractivity contribution in [3.8, 4) is 51.0 Å². The van der Waals surface area contributed by atoms with Gasteiger partial charge in [0.05, 0.1) is 11.0 Å². The molecule has 234 valence electrons. The average molecular weight is 641 g/mol. The van der Waals surface area contributed by atoms with Crippen molar-refractivity contribution in [2.75, 3.05) is 0 Å². The van der Waals surface area contributed by atoms with Crippen LogP contribution in [0.25, 0.3) is 94.7 Å². The van der Waals surface area contributed by atoms with Crippen LogP contribution in [-0.4, -0.2) is 19.5 Å². The van der Waals surface area contributed by atoms with Gasteiger partial charge in [-0.1, -0.05) is 152 Å². The molecule has 0 saturated carbocycles. The fourth-order valence-electron chi connectivity index (χ4n) is 7.19. The smallest absolute Gasteiger partial charge is 0.238 e. The molecule has 0 spiro atoms. The van der Waals surface area contributed by atoms with Crippen LogP contribution in [0.15, 0.2) is 174 Å². The lowest BCUT2D eigenvalue weighted by Crippen LogP contribution is -2.06. The number of nitrogens with zero attached hydrogens (tertiary/aromatic N) is 4. The molecule has 0 unspecified atom stereocenters. The van der Waals surface area contributed by atoms with Gasteiger partial charge in [-0.25, -0.2) is 4.98 Å². The molecule has 0 atom stereocenters. The number of rotatable bonds is 5. The van der Waals surface area contributed by atoms with Gasteiger partial charge in [0, 0.05) is 44.3 Å². The minimum atomic E-state index is 0.543. The SMILES string of the molecule is c1ccc(-c2ccc(-c3nc(-c4ccccc4)nc(-n4c5ccccc5c5c(-c6ccccc6)c6c(cc54)oc4ccccc46)n3)cc2)cc1. The zero-order chi connectivity index (χ0) is 33.0. The minimum absolute atomic E-state index is 0.543. The largest absolute Gasteiger partial charge is 0.456 e. The third-order valence-corrected chi connectivity index (χ3v) is 9.47. The Labute approximate surface area is 287 Å². The van der Waals surface area contributed by atoms with E-state index in [1.54, 1.807) is 0 Å². The van der Waals surface area contributed by atoms with Gasteiger partial charge in [0.2, 0.25) is 5.95 Å². The second-order valence-corrected chi connectivity index (χ2v) is 12.4. The average Bonchev–Trinajstić information content (AvgIpc) is 3.73. The van der Waals surface area contributed by atoms with Crippen LogP contribution >= 0.6 is 0 Å². The Morgan fingerprint density at radius 2 is 0.900 bits per heavy atom. The van der Waals surface area contributed by atoms with Crippen molar-refractivity contribution in [2.24, 2.45) is 0 Å². The van der Waals surface area contributed by atoms with Crippen LogP contribution in [0.5, 0.6) is 0 Å². The maximum absolute atomic E-state index is 6.58. The van der Waals surface area contributed by atoms with Gasteiger partial charge in [-0.15, -0.1) is 0 Å². The summed E-state index contributed by atoms with van der Waals surface area (Å²) in [4.78, 5) is 15.4. The predicted octanol–water partition coefficient (Wildman–Crippen LogP) is 11.5. The van der Waals surface area contributed by atoms with Crippen LogP contribution in [0, 0.1) is 0 Å². The Balaban J connectivity index is 1.28. The Morgan fingerprint density at radius 3 is 1.60 bits per heavy atom. The highest BCUT2D eigenvalue weighted by atomic mass is 16.3. The summed E-state index contributed by atoms with van der Waals surface area (Å²) in [5.74, 6) is 1.76. The lowest BCUT2D eigenvalue weighted by molar-refractivity contribution is 0.669. The first-order valence-electron chi connectivity index (χ1n) is 16.7. The zero-order valence-electron chi connectivity index (χ0n) is 26.9. The van der Waals surface area contributed by atoms with Crippen LogP contribution in [0.2, 0.25) is 0 Å². The summed E-state index contributed by atoms with van der Waals surface area (Å²) in [6.45, 7) is 0. The molecule has 3 heterocycles. The topological polar surface area (TPSA) is 56.7 Å². The molecule has 5 nitrogen and oxygen atoms in total. The van der Waals surface area contributed by atoms with Crippen molar-refractivity contribution >= 4 is 43.7 Å². The lowest BCUT2D eigenvalue weighted by Gasteiger charge is -2.12. The molecule has 3 aromatic heterocycles. The summed E-state index contributed by atoms with van der Waals surface area (Å²) in [6, 6.07) is 58.5. The first-order chi connectivity index (χ1) is 24.8. The Morgan fingerprint density at radius 1 is 0.380 bits per heavy atom. The van der Waals surface area contributed by atoms with Gasteiger partial charge < -0.3 is 4.42 Å². The quantitative estimate of drug-likeness (QED) is 0.188. The van der Waals surface area contributed by atoms with Gasteiger partial charge >= 0.3 is 0 Å². The van der Waals surface area contributed by atoms with E-state index in [1.165, 1.54) is 0 Å². The summed E-state index contributed by atoms with van der Waals surface area (Å²) in [5.41, 5.74) is 10.0. The second kappa shape index (κ2) is 11.4. The van der Waals surface area contributed by atoms with Crippen LogP contribution in [0.1, 0.15) is 0 Å². The standard InChI is InChI=1S/C45H28N4O/c1-4-14-29(15-5-1)30-24-26-33(27-25-30)44-46-43(32-18-8-3-9-19-32)47-45(48-44)49-36-22-12-10-20-34(36)41-37(49)28-39-42(35-21-11-13-23-38(35)50-39)40(41)31-16-6-2-7-17-31/h1-28H. The molecular formula is C45H28N4O. The Hall–Kier alpha value is -6.85. The molecule has 0 aliphatic rings. The monoisotopic (exact) mass is 640 g/mol. The molecule has 0 N–H and O–H groups in total. The van der Waals surface area contributed by atoms with Crippen LogP contribution in [-0.2, 0) is 0 Å². The van der Waals surface area contributed by atoms with Gasteiger partial charge in [0.25, 0.3) is 0 Å². The highest BCUT2D eigenvalue weighted by molar-refractivity contribution is 6.26. The molecule has 10 aromatic rings. The molecule has 0 aliphatic heterocycles. The van der Waals surface area contributed by atoms with Crippen molar-refractivity contribution in [2.45, 2.75) is 0 Å². The second-order valence-electron chi connectivity index (χ2n) is 12.4. The lowest BCUT2D eigenvalue weighted by atomic mass is 9.94. The molecule has 0 aliphatic carbocycles. The van der Waals surface area contributed by atoms with Crippen molar-refractivity contribution in [1.29, 1.82) is 0 Å². The molecule has 0 bridgehead atoms. The third kappa shape index (κ3) is 4.52. The third-order valence-electron chi connectivity index (χ3n) is 9.47. The Bertz CT molecular complexity index is 2840. The van der Waals surface area contributed by atoms with E-state index in [9.17, 15) is 0 Å². The number of hydrogen-bond donors (Lipinski definition) is 0. The molecular weight excluding hydrogens is 613 g/mol. The van der Waals surface area contributed by atoms with E-state index in [1.807, 2.05) is 48.5 Å². The number of aromatic nitrogens is 4. The summed E-state index contributed by atoms with van der Waals surface area (Å²) in [7, 11) is 0. The summed E-state index contributed by atoms with van der Waals surface area (Å²) in [5, 5.41) is 4.43. The van der Waals surface area contributed by atoms with Gasteiger partial charge in [0.15, 0.2) is 11.6 Å². The van der Waals surface area contributed by atoms with Gasteiger partial charge in [-0.2, -0.15) is 9.97 Å². The van der Waals surface area contributed by atoms with Crippen LogP contribution in [0.4, 0.5) is 0 Å². The maximum atomic E-state index is 6.58. The molecule has 10 rings (SSSR count). The van der Waals surface area contributed by atoms with Crippen LogP contribution in [0.3, 0.4) is 0 Å². The summed E-state index contributed by atoms with van der Waals surface area (Å²) >= 11 is 0. The molecule has 5 heteroatoms. The van der Waals surface area contributed by atoms with Crippen LogP contribution < -0.4 is 0 Å². The molecule has 0 amide bonds. The highest BCUT2D eigenvalue weighted by Gasteiger charge is 2.24. The van der Waals surface area contributed by atoms with Gasteiger partial charge in [-0.3, -0.25) is 4.57 Å². The number of hydrogen-bond acceptors (Lipinski definition) is 4. The molecule has 7 aromatic carbocycles. The zero-order valence-corrected chi connectivity index (χ0v) is 26.9. The summed E-state index contributed by atoms with van der Waals surface area (Å²) < 4.78 is 8.74. The summed E-state index contributed by atoms with van der Waals surface area (Å²) in [6.07, 6.45) is 0. The van der Waals surface area contributed by atoms with Gasteiger partial charge in [0.1, 0.15) is 11.2 Å². The number of para-hydroxylation sites is 2. The van der Waals surface area contributed by atoms with Crippen molar-refractivity contribution in [3.05, 3.63) is 170 Å². The van der Waals surface area contributed by atoms with E-state index >= 15 is 0 Å². The van der Waals surface area contributed by atoms with E-state index in [4.69, 9.17) is 19.4 Å². The van der Waals surface area contributed by atoms with Crippen molar-refractivity contribution in [3.63, 3.8) is 0 Å². The number of fused-ring (bicyclic) bond motifs is 6. The Kier molecular flexibility index (Phi) is 6.42. The van der Waals surface area contributed by atoms with E-state index in [-0.39, 0.29) is 0 Å². The van der Waals surface area contributed by atoms with Crippen molar-refractivity contribution < 1.29 is 4.42 Å². The van der Waals surface area contributed by atoms with Crippen molar-refractivity contribution in [1.82, 2.24) is 19.5 Å². The minimum Gasteiger partial charge on any atom is -0.456 e. The first kappa shape index (κ1) is 28.2. The first-order valence-corrected chi connectivity index (χ1v) is 16.7. The normalized spacial score (nSPS) is 11.6. The highest BCUT2D eigenvalue weighted by Crippen LogP contribution is 2.46. The number of furan rings is 1. The molecule has 0 saturated heterocycles. The fraction of sp³-hybridized carbons (Fsp3) is 0. The fourth-order valence-corrected chi connectivity index (χ4v) is 7.19. The van der Waals surface area contributed by atoms with E-state index in [0.29, 0.717) is 17.6 Å². The maximum Gasteiger partial charge on any atom is 0.238 e. The van der Waals surface area contributed by atoms with E-state index in [0.717, 1.165) is 77.1 Å². The molecule has 0 radical (unpaired) electrons. The predicted molar refractivity (Wildman–Crippen MR) is 203 cm³/mol. The van der Waals surface area contributed by atoms with Gasteiger partial charge in [-0.05, 0) is 28.8 Å². The van der Waals surface area contributed by atoms with E-state index in [2.05, 4.69) is 126 Å². The van der Waals surface area contributed by atoms with E-state index < -0.39 is 0 Å². The molecule has 0 fully saturated rings.